The van der Waals surface area contributed by atoms with E-state index in [1.54, 1.807) is 48.8 Å². The first kappa shape index (κ1) is 21.3. The van der Waals surface area contributed by atoms with Crippen LogP contribution in [0.3, 0.4) is 0 Å². The van der Waals surface area contributed by atoms with Gasteiger partial charge in [0.2, 0.25) is 5.91 Å². The molecule has 30 heavy (non-hydrogen) atoms. The zero-order chi connectivity index (χ0) is 21.7. The van der Waals surface area contributed by atoms with E-state index in [2.05, 4.69) is 10.3 Å². The number of hydrogen-bond donors (Lipinski definition) is 3. The molecule has 3 rings (SSSR count). The van der Waals surface area contributed by atoms with Crippen LogP contribution in [0.4, 0.5) is 5.69 Å². The summed E-state index contributed by atoms with van der Waals surface area (Å²) in [5, 5.41) is 21.0. The number of hydrogen-bond acceptors (Lipinski definition) is 6. The molecule has 0 aliphatic rings. The van der Waals surface area contributed by atoms with Crippen molar-refractivity contribution in [2.45, 2.75) is 6.42 Å². The summed E-state index contributed by atoms with van der Waals surface area (Å²) in [6.45, 7) is -0.721. The number of rotatable bonds is 8. The van der Waals surface area contributed by atoms with E-state index in [1.807, 2.05) is 0 Å². The van der Waals surface area contributed by atoms with E-state index in [0.717, 1.165) is 16.9 Å². The molecule has 0 bridgehead atoms. The molecule has 0 radical (unpaired) electrons. The molecule has 0 spiro atoms. The second-order valence-corrected chi connectivity index (χ2v) is 7.45. The fourth-order valence-corrected chi connectivity index (χ4v) is 4.02. The summed E-state index contributed by atoms with van der Waals surface area (Å²) >= 11 is 7.15. The maximum atomic E-state index is 12.3. The van der Waals surface area contributed by atoms with E-state index in [1.165, 1.54) is 0 Å². The molecule has 0 aliphatic carbocycles. The van der Waals surface area contributed by atoms with Crippen LogP contribution in [0.5, 0.6) is 5.75 Å². The summed E-state index contributed by atoms with van der Waals surface area (Å²) in [7, 11) is 0. The van der Waals surface area contributed by atoms with Crippen molar-refractivity contribution in [2.24, 2.45) is 0 Å². The highest BCUT2D eigenvalue weighted by molar-refractivity contribution is 7.18. The second kappa shape index (κ2) is 9.38. The summed E-state index contributed by atoms with van der Waals surface area (Å²) in [6.07, 6.45) is 3.38. The van der Waals surface area contributed by atoms with Crippen LogP contribution in [0.1, 0.15) is 15.2 Å². The lowest BCUT2D eigenvalue weighted by Crippen LogP contribution is -2.14. The minimum atomic E-state index is -1.28. The number of aliphatic carboxylic acids is 1. The fraction of sp³-hybridized carbons (Fsp3) is 0.100. The Morgan fingerprint density at radius 3 is 2.53 bits per heavy atom. The van der Waals surface area contributed by atoms with Gasteiger partial charge >= 0.3 is 11.9 Å². The van der Waals surface area contributed by atoms with E-state index in [-0.39, 0.29) is 28.0 Å². The number of carbonyl (C=O) groups excluding carboxylic acids is 1. The first-order chi connectivity index (χ1) is 14.3. The van der Waals surface area contributed by atoms with E-state index >= 15 is 0 Å². The Bertz CT molecular complexity index is 1100. The smallest absolute Gasteiger partial charge is 0.349 e. The zero-order valence-electron chi connectivity index (χ0n) is 15.3. The summed E-state index contributed by atoms with van der Waals surface area (Å²) in [5.74, 6) is -2.96. The number of nitrogens with zero attached hydrogens (tertiary/aromatic N) is 1. The van der Waals surface area contributed by atoms with Crippen molar-refractivity contribution in [3.8, 4) is 16.2 Å². The van der Waals surface area contributed by atoms with E-state index < -0.39 is 18.5 Å². The number of nitrogens with one attached hydrogen (secondary N) is 1. The van der Waals surface area contributed by atoms with Gasteiger partial charge in [0, 0.05) is 18.1 Å². The molecule has 2 aromatic heterocycles. The van der Waals surface area contributed by atoms with Crippen LogP contribution in [0.15, 0.2) is 48.8 Å². The number of benzene rings is 1. The molecule has 1 amide bonds. The molecular formula is C20H15ClN2O6S. The standard InChI is InChI=1S/C20H15ClN2O6S/c21-16-17(29-10-15(25)26)19(20(27)28)30-18(16)12-2-1-3-13(9-12)23-14(24)8-11-4-6-22-7-5-11/h1-7,9H,8,10H2,(H,23,24)(H,25,26)(H,27,28). The van der Waals surface area contributed by atoms with Crippen LogP contribution >= 0.6 is 22.9 Å². The van der Waals surface area contributed by atoms with Gasteiger partial charge in [0.25, 0.3) is 0 Å². The quantitative estimate of drug-likeness (QED) is 0.480. The summed E-state index contributed by atoms with van der Waals surface area (Å²) < 4.78 is 5.08. The van der Waals surface area contributed by atoms with Crippen LogP contribution in [-0.2, 0) is 16.0 Å². The molecule has 10 heteroatoms. The van der Waals surface area contributed by atoms with Crippen molar-refractivity contribution in [3.63, 3.8) is 0 Å². The van der Waals surface area contributed by atoms with Gasteiger partial charge in [-0.25, -0.2) is 9.59 Å². The number of carboxylic acids is 2. The van der Waals surface area contributed by atoms with Gasteiger partial charge in [-0.05, 0) is 35.4 Å². The second-order valence-electron chi connectivity index (χ2n) is 6.05. The number of anilines is 1. The van der Waals surface area contributed by atoms with Crippen molar-refractivity contribution in [1.29, 1.82) is 0 Å². The number of carboxylic acid groups (broad SMARTS) is 2. The van der Waals surface area contributed by atoms with Crippen molar-refractivity contribution in [2.75, 3.05) is 11.9 Å². The topological polar surface area (TPSA) is 126 Å². The third-order valence-corrected chi connectivity index (χ3v) is 5.55. The molecule has 8 nitrogen and oxygen atoms in total. The van der Waals surface area contributed by atoms with Gasteiger partial charge < -0.3 is 20.3 Å². The number of halogens is 1. The monoisotopic (exact) mass is 446 g/mol. The Morgan fingerprint density at radius 1 is 1.13 bits per heavy atom. The molecule has 3 N–H and O–H groups in total. The average Bonchev–Trinajstić information content (AvgIpc) is 3.04. The van der Waals surface area contributed by atoms with Gasteiger partial charge in [-0.15, -0.1) is 11.3 Å². The number of carbonyl (C=O) groups is 3. The lowest BCUT2D eigenvalue weighted by molar-refractivity contribution is -0.139. The predicted octanol–water partition coefficient (Wildman–Crippen LogP) is 3.81. The van der Waals surface area contributed by atoms with E-state index in [0.29, 0.717) is 16.1 Å². The van der Waals surface area contributed by atoms with Gasteiger partial charge in [0.1, 0.15) is 5.02 Å². The van der Waals surface area contributed by atoms with Gasteiger partial charge in [0.15, 0.2) is 17.2 Å². The van der Waals surface area contributed by atoms with Gasteiger partial charge in [-0.3, -0.25) is 9.78 Å². The highest BCUT2D eigenvalue weighted by Crippen LogP contribution is 2.45. The molecule has 0 aliphatic heterocycles. The maximum absolute atomic E-state index is 12.3. The molecule has 2 heterocycles. The zero-order valence-corrected chi connectivity index (χ0v) is 16.9. The van der Waals surface area contributed by atoms with Crippen molar-refractivity contribution >= 4 is 46.5 Å². The number of pyridine rings is 1. The molecular weight excluding hydrogens is 432 g/mol. The number of thiophene rings is 1. The molecule has 0 atom stereocenters. The van der Waals surface area contributed by atoms with Crippen LogP contribution in [0.25, 0.3) is 10.4 Å². The molecule has 0 unspecified atom stereocenters. The Labute approximate surface area is 179 Å². The Hall–Kier alpha value is -3.43. The number of ether oxygens (including phenoxy) is 1. The van der Waals surface area contributed by atoms with Gasteiger partial charge in [-0.1, -0.05) is 23.7 Å². The van der Waals surface area contributed by atoms with Crippen LogP contribution < -0.4 is 10.1 Å². The number of aromatic carboxylic acids is 1. The Balaban J connectivity index is 1.84. The van der Waals surface area contributed by atoms with E-state index in [4.69, 9.17) is 21.4 Å². The maximum Gasteiger partial charge on any atom is 0.349 e. The van der Waals surface area contributed by atoms with Crippen molar-refractivity contribution in [1.82, 2.24) is 4.98 Å². The molecule has 0 saturated heterocycles. The Morgan fingerprint density at radius 2 is 1.87 bits per heavy atom. The molecule has 1 aromatic carbocycles. The molecule has 3 aromatic rings. The first-order valence-corrected chi connectivity index (χ1v) is 9.74. The highest BCUT2D eigenvalue weighted by Gasteiger charge is 2.24. The summed E-state index contributed by atoms with van der Waals surface area (Å²) in [4.78, 5) is 38.7. The minimum Gasteiger partial charge on any atom is -0.479 e. The van der Waals surface area contributed by atoms with Crippen molar-refractivity contribution in [3.05, 3.63) is 64.3 Å². The Kier molecular flexibility index (Phi) is 6.65. The third-order valence-electron chi connectivity index (χ3n) is 3.87. The fourth-order valence-electron chi connectivity index (χ4n) is 2.61. The highest BCUT2D eigenvalue weighted by atomic mass is 35.5. The largest absolute Gasteiger partial charge is 0.479 e. The third kappa shape index (κ3) is 5.13. The van der Waals surface area contributed by atoms with Crippen LogP contribution in [0, 0.1) is 0 Å². The predicted molar refractivity (Wildman–Crippen MR) is 111 cm³/mol. The lowest BCUT2D eigenvalue weighted by Gasteiger charge is -2.07. The SMILES string of the molecule is O=C(O)COc1c(C(=O)O)sc(-c2cccc(NC(=O)Cc3ccncc3)c2)c1Cl. The van der Waals surface area contributed by atoms with Crippen LogP contribution in [-0.4, -0.2) is 39.6 Å². The molecule has 154 valence electrons. The minimum absolute atomic E-state index is 0.00101. The number of aromatic nitrogens is 1. The molecule has 0 saturated carbocycles. The summed E-state index contributed by atoms with van der Waals surface area (Å²) in [6, 6.07) is 10.2. The van der Waals surface area contributed by atoms with Crippen molar-refractivity contribution < 1.29 is 29.3 Å². The first-order valence-electron chi connectivity index (χ1n) is 8.54. The number of amides is 1. The average molecular weight is 447 g/mol. The normalized spacial score (nSPS) is 10.4. The lowest BCUT2D eigenvalue weighted by atomic mass is 10.1. The van der Waals surface area contributed by atoms with Gasteiger partial charge in [-0.2, -0.15) is 0 Å². The summed E-state index contributed by atoms with van der Waals surface area (Å²) in [5.41, 5.74) is 1.87. The van der Waals surface area contributed by atoms with Crippen LogP contribution in [0.2, 0.25) is 5.02 Å². The molecule has 0 fully saturated rings. The van der Waals surface area contributed by atoms with Gasteiger partial charge in [0.05, 0.1) is 11.3 Å². The van der Waals surface area contributed by atoms with E-state index in [9.17, 15) is 19.5 Å².